The first-order valence-corrected chi connectivity index (χ1v) is 9.58. The summed E-state index contributed by atoms with van der Waals surface area (Å²) in [5.41, 5.74) is 1.24. The van der Waals surface area contributed by atoms with Crippen molar-refractivity contribution in [3.05, 3.63) is 51.8 Å². The lowest BCUT2D eigenvalue weighted by Gasteiger charge is -2.20. The van der Waals surface area contributed by atoms with Gasteiger partial charge in [0.2, 0.25) is 0 Å². The van der Waals surface area contributed by atoms with Gasteiger partial charge in [-0.3, -0.25) is 14.3 Å². The van der Waals surface area contributed by atoms with Gasteiger partial charge in [-0.05, 0) is 42.2 Å². The first-order chi connectivity index (χ1) is 13.2. The van der Waals surface area contributed by atoms with E-state index in [4.69, 9.17) is 23.2 Å². The Hall–Kier alpha value is -2.09. The summed E-state index contributed by atoms with van der Waals surface area (Å²) in [5.74, 6) is -2.85. The van der Waals surface area contributed by atoms with Gasteiger partial charge in [0.1, 0.15) is 12.0 Å². The number of halogens is 2. The molecule has 152 valence electrons. The van der Waals surface area contributed by atoms with E-state index in [1.807, 2.05) is 13.8 Å². The van der Waals surface area contributed by atoms with E-state index in [0.29, 0.717) is 28.7 Å². The van der Waals surface area contributed by atoms with Gasteiger partial charge >= 0.3 is 11.9 Å². The zero-order chi connectivity index (χ0) is 20.8. The molecule has 0 radical (unpaired) electrons. The van der Waals surface area contributed by atoms with Crippen LogP contribution in [0, 0.1) is 5.92 Å². The Balaban J connectivity index is 2.19. The zero-order valence-corrected chi connectivity index (χ0v) is 17.1. The molecule has 0 spiro atoms. The monoisotopic (exact) mass is 427 g/mol. The van der Waals surface area contributed by atoms with Gasteiger partial charge in [-0.15, -0.1) is 0 Å². The fraction of sp³-hybridized carbons (Fsp3) is 0.421. The summed E-state index contributed by atoms with van der Waals surface area (Å²) in [6.07, 6.45) is 1.92. The van der Waals surface area contributed by atoms with Crippen molar-refractivity contribution in [3.8, 4) is 0 Å². The molecule has 3 N–H and O–H groups in total. The highest BCUT2D eigenvalue weighted by atomic mass is 35.5. The van der Waals surface area contributed by atoms with Crippen LogP contribution in [0.15, 0.2) is 30.5 Å². The van der Waals surface area contributed by atoms with E-state index in [1.165, 1.54) is 6.20 Å². The fourth-order valence-corrected chi connectivity index (χ4v) is 3.54. The lowest BCUT2D eigenvalue weighted by Crippen LogP contribution is -2.41. The van der Waals surface area contributed by atoms with Gasteiger partial charge in [-0.1, -0.05) is 37.0 Å². The molecule has 0 saturated carbocycles. The highest BCUT2D eigenvalue weighted by molar-refractivity contribution is 6.34. The van der Waals surface area contributed by atoms with Crippen molar-refractivity contribution in [2.75, 3.05) is 6.54 Å². The number of carbonyl (C=O) groups is 2. The van der Waals surface area contributed by atoms with Gasteiger partial charge in [0.15, 0.2) is 0 Å². The van der Waals surface area contributed by atoms with E-state index >= 15 is 0 Å². The molecule has 0 aliphatic heterocycles. The normalized spacial score (nSPS) is 13.5. The third-order valence-electron chi connectivity index (χ3n) is 4.23. The summed E-state index contributed by atoms with van der Waals surface area (Å²) < 4.78 is 1.56. The number of hydrogen-bond acceptors (Lipinski definition) is 4. The van der Waals surface area contributed by atoms with Gasteiger partial charge in [0, 0.05) is 22.8 Å². The molecule has 0 amide bonds. The average molecular weight is 428 g/mol. The summed E-state index contributed by atoms with van der Waals surface area (Å²) in [7, 11) is 0. The highest BCUT2D eigenvalue weighted by Gasteiger charge is 2.27. The lowest BCUT2D eigenvalue weighted by molar-refractivity contribution is -0.142. The Kier molecular flexibility index (Phi) is 7.86. The van der Waals surface area contributed by atoms with Gasteiger partial charge in [-0.25, -0.2) is 0 Å². The van der Waals surface area contributed by atoms with E-state index in [9.17, 15) is 19.8 Å². The summed E-state index contributed by atoms with van der Waals surface area (Å²) in [5, 5.41) is 27.1. The molecule has 2 atom stereocenters. The zero-order valence-electron chi connectivity index (χ0n) is 15.6. The molecular weight excluding hydrogens is 405 g/mol. The molecule has 7 nitrogen and oxygen atoms in total. The Bertz CT molecular complexity index is 818. The average Bonchev–Trinajstić information content (AvgIpc) is 3.00. The Morgan fingerprint density at radius 2 is 1.79 bits per heavy atom. The minimum Gasteiger partial charge on any atom is -0.481 e. The lowest BCUT2D eigenvalue weighted by atomic mass is 10.0. The fourth-order valence-electron chi connectivity index (χ4n) is 2.97. The second kappa shape index (κ2) is 9.91. The maximum absolute atomic E-state index is 11.8. The van der Waals surface area contributed by atoms with Crippen LogP contribution in [-0.4, -0.2) is 44.5 Å². The first kappa shape index (κ1) is 22.2. The number of carboxylic acids is 2. The SMILES string of the molecule is CC(C)CC(NCC(C(=O)O)c1ccnn1Cc1cc(Cl)cc(Cl)c1)C(=O)O. The van der Waals surface area contributed by atoms with Crippen molar-refractivity contribution in [2.45, 2.75) is 38.8 Å². The summed E-state index contributed by atoms with van der Waals surface area (Å²) in [4.78, 5) is 23.3. The van der Waals surface area contributed by atoms with Gasteiger partial charge < -0.3 is 15.5 Å². The quantitative estimate of drug-likeness (QED) is 0.535. The van der Waals surface area contributed by atoms with Crippen LogP contribution in [0.1, 0.15) is 37.4 Å². The molecule has 1 aromatic carbocycles. The molecule has 2 unspecified atom stereocenters. The van der Waals surface area contributed by atoms with Crippen LogP contribution >= 0.6 is 23.2 Å². The molecule has 1 heterocycles. The first-order valence-electron chi connectivity index (χ1n) is 8.83. The topological polar surface area (TPSA) is 104 Å². The Morgan fingerprint density at radius 1 is 1.14 bits per heavy atom. The van der Waals surface area contributed by atoms with E-state index in [1.54, 1.807) is 28.9 Å². The molecule has 2 aromatic rings. The maximum atomic E-state index is 11.8. The number of carboxylic acid groups (broad SMARTS) is 2. The van der Waals surface area contributed by atoms with Crippen LogP contribution in [0.4, 0.5) is 0 Å². The molecule has 9 heteroatoms. The molecule has 2 rings (SSSR count). The molecule has 0 saturated heterocycles. The number of aromatic nitrogens is 2. The molecule has 0 fully saturated rings. The van der Waals surface area contributed by atoms with Crippen molar-refractivity contribution in [2.24, 2.45) is 5.92 Å². The number of rotatable bonds is 10. The number of nitrogens with one attached hydrogen (secondary N) is 1. The summed E-state index contributed by atoms with van der Waals surface area (Å²) in [6.45, 7) is 4.09. The van der Waals surface area contributed by atoms with Crippen molar-refractivity contribution >= 4 is 35.1 Å². The maximum Gasteiger partial charge on any atom is 0.320 e. The van der Waals surface area contributed by atoms with E-state index in [2.05, 4.69) is 10.4 Å². The summed E-state index contributed by atoms with van der Waals surface area (Å²) in [6, 6.07) is 5.88. The van der Waals surface area contributed by atoms with Gasteiger partial charge in [0.25, 0.3) is 0 Å². The van der Waals surface area contributed by atoms with Gasteiger partial charge in [0.05, 0.1) is 12.2 Å². The second-order valence-electron chi connectivity index (χ2n) is 7.01. The minimum atomic E-state index is -1.06. The molecule has 0 aliphatic carbocycles. The van der Waals surface area contributed by atoms with Crippen LogP contribution in [0.2, 0.25) is 10.0 Å². The molecular formula is C19H23Cl2N3O4. The number of benzene rings is 1. The van der Waals surface area contributed by atoms with E-state index in [-0.39, 0.29) is 12.5 Å². The number of aliphatic carboxylic acids is 2. The third-order valence-corrected chi connectivity index (χ3v) is 4.67. The predicted octanol–water partition coefficient (Wildman–Crippen LogP) is 3.50. The number of hydrogen-bond donors (Lipinski definition) is 3. The van der Waals surface area contributed by atoms with Crippen molar-refractivity contribution in [3.63, 3.8) is 0 Å². The van der Waals surface area contributed by atoms with Crippen LogP contribution in [0.5, 0.6) is 0 Å². The minimum absolute atomic E-state index is 0.0268. The third kappa shape index (κ3) is 6.22. The van der Waals surface area contributed by atoms with E-state index in [0.717, 1.165) is 5.56 Å². The molecule has 0 aliphatic rings. The van der Waals surface area contributed by atoms with Crippen molar-refractivity contribution < 1.29 is 19.8 Å². The van der Waals surface area contributed by atoms with Crippen molar-refractivity contribution in [1.82, 2.24) is 15.1 Å². The predicted molar refractivity (Wildman–Crippen MR) is 107 cm³/mol. The number of nitrogens with zero attached hydrogens (tertiary/aromatic N) is 2. The van der Waals surface area contributed by atoms with Gasteiger partial charge in [-0.2, -0.15) is 5.10 Å². The largest absolute Gasteiger partial charge is 0.481 e. The molecule has 28 heavy (non-hydrogen) atoms. The second-order valence-corrected chi connectivity index (χ2v) is 7.88. The Labute approximate surface area is 173 Å². The Morgan fingerprint density at radius 3 is 2.32 bits per heavy atom. The van der Waals surface area contributed by atoms with Crippen LogP contribution < -0.4 is 5.32 Å². The highest BCUT2D eigenvalue weighted by Crippen LogP contribution is 2.22. The van der Waals surface area contributed by atoms with Crippen molar-refractivity contribution in [1.29, 1.82) is 0 Å². The van der Waals surface area contributed by atoms with Crippen LogP contribution in [0.3, 0.4) is 0 Å². The molecule has 1 aromatic heterocycles. The van der Waals surface area contributed by atoms with Crippen LogP contribution in [0.25, 0.3) is 0 Å². The standard InChI is InChI=1S/C19H23Cl2N3O4/c1-11(2)5-16(19(27)28)22-9-15(18(25)26)17-3-4-23-24(17)10-12-6-13(20)8-14(21)7-12/h3-4,6-8,11,15-16,22H,5,9-10H2,1-2H3,(H,25,26)(H,27,28). The smallest absolute Gasteiger partial charge is 0.320 e. The summed E-state index contributed by atoms with van der Waals surface area (Å²) >= 11 is 12.0. The van der Waals surface area contributed by atoms with E-state index < -0.39 is 23.9 Å². The van der Waals surface area contributed by atoms with Crippen LogP contribution in [-0.2, 0) is 16.1 Å². The molecule has 0 bridgehead atoms.